The maximum atomic E-state index is 6.08. The molecule has 1 atom stereocenters. The van der Waals surface area contributed by atoms with Gasteiger partial charge < -0.3 is 9.47 Å². The van der Waals surface area contributed by atoms with Gasteiger partial charge >= 0.3 is 0 Å². The van der Waals surface area contributed by atoms with Gasteiger partial charge in [0.15, 0.2) is 0 Å². The standard InChI is InChI=1S/C12H13ClO2/c1-2-9-3-4-10(12(13)5-9)6-14-7-11-8-15-11/h2-5,11H,1,6-8H2. The molecule has 1 aromatic rings. The molecule has 15 heavy (non-hydrogen) atoms. The minimum atomic E-state index is 0.302. The first kappa shape index (κ1) is 10.7. The SMILES string of the molecule is C=Cc1ccc(COCC2CO2)c(Cl)c1. The molecule has 0 saturated carbocycles. The minimum Gasteiger partial charge on any atom is -0.374 e. The van der Waals surface area contributed by atoms with Crippen LogP contribution in [-0.2, 0) is 16.1 Å². The van der Waals surface area contributed by atoms with Crippen molar-refractivity contribution >= 4 is 17.7 Å². The Morgan fingerprint density at radius 2 is 2.40 bits per heavy atom. The Labute approximate surface area is 94.5 Å². The lowest BCUT2D eigenvalue weighted by molar-refractivity contribution is 0.104. The van der Waals surface area contributed by atoms with Gasteiger partial charge in [-0.2, -0.15) is 0 Å². The van der Waals surface area contributed by atoms with Crippen LogP contribution < -0.4 is 0 Å². The second kappa shape index (κ2) is 4.79. The van der Waals surface area contributed by atoms with Gasteiger partial charge in [0.1, 0.15) is 6.10 Å². The summed E-state index contributed by atoms with van der Waals surface area (Å²) < 4.78 is 10.5. The van der Waals surface area contributed by atoms with Crippen LogP contribution in [0.5, 0.6) is 0 Å². The fraction of sp³-hybridized carbons (Fsp3) is 0.333. The normalized spacial score (nSPS) is 18.9. The number of halogens is 1. The Bertz CT molecular complexity index is 359. The lowest BCUT2D eigenvalue weighted by atomic mass is 10.1. The molecule has 0 spiro atoms. The fourth-order valence-electron chi connectivity index (χ4n) is 1.27. The number of epoxide rings is 1. The second-order valence-corrected chi connectivity index (χ2v) is 3.93. The smallest absolute Gasteiger partial charge is 0.104 e. The molecule has 1 aliphatic heterocycles. The van der Waals surface area contributed by atoms with Gasteiger partial charge in [-0.3, -0.25) is 0 Å². The zero-order valence-corrected chi connectivity index (χ0v) is 9.17. The molecule has 0 amide bonds. The van der Waals surface area contributed by atoms with Crippen molar-refractivity contribution in [2.45, 2.75) is 12.7 Å². The third-order valence-corrected chi connectivity index (χ3v) is 2.63. The van der Waals surface area contributed by atoms with Crippen LogP contribution in [0, 0.1) is 0 Å². The molecule has 0 aliphatic carbocycles. The fourth-order valence-corrected chi connectivity index (χ4v) is 1.52. The summed E-state index contributed by atoms with van der Waals surface area (Å²) in [7, 11) is 0. The Morgan fingerprint density at radius 3 is 3.00 bits per heavy atom. The van der Waals surface area contributed by atoms with Crippen molar-refractivity contribution < 1.29 is 9.47 Å². The quantitative estimate of drug-likeness (QED) is 0.718. The summed E-state index contributed by atoms with van der Waals surface area (Å²) in [6, 6.07) is 5.83. The van der Waals surface area contributed by atoms with Crippen LogP contribution in [0.2, 0.25) is 5.02 Å². The lowest BCUT2D eigenvalue weighted by Gasteiger charge is -2.05. The molecule has 0 N–H and O–H groups in total. The van der Waals surface area contributed by atoms with Crippen LogP contribution in [-0.4, -0.2) is 19.3 Å². The van der Waals surface area contributed by atoms with Crippen molar-refractivity contribution in [1.82, 2.24) is 0 Å². The van der Waals surface area contributed by atoms with E-state index in [0.29, 0.717) is 19.3 Å². The van der Waals surface area contributed by atoms with Crippen molar-refractivity contribution in [2.75, 3.05) is 13.2 Å². The minimum absolute atomic E-state index is 0.302. The van der Waals surface area contributed by atoms with E-state index in [1.807, 2.05) is 18.2 Å². The Hall–Kier alpha value is -0.830. The van der Waals surface area contributed by atoms with Gasteiger partial charge in [0, 0.05) is 5.02 Å². The second-order valence-electron chi connectivity index (χ2n) is 3.53. The molecule has 1 aromatic carbocycles. The van der Waals surface area contributed by atoms with E-state index in [1.165, 1.54) is 0 Å². The van der Waals surface area contributed by atoms with E-state index in [2.05, 4.69) is 6.58 Å². The number of hydrogen-bond donors (Lipinski definition) is 0. The Morgan fingerprint density at radius 1 is 1.60 bits per heavy atom. The third kappa shape index (κ3) is 3.06. The van der Waals surface area contributed by atoms with Crippen molar-refractivity contribution in [2.24, 2.45) is 0 Å². The van der Waals surface area contributed by atoms with E-state index in [9.17, 15) is 0 Å². The highest BCUT2D eigenvalue weighted by Gasteiger charge is 2.22. The molecule has 0 aromatic heterocycles. The Kier molecular flexibility index (Phi) is 3.41. The lowest BCUT2D eigenvalue weighted by Crippen LogP contribution is -2.01. The van der Waals surface area contributed by atoms with E-state index in [0.717, 1.165) is 22.8 Å². The monoisotopic (exact) mass is 224 g/mol. The molecule has 1 heterocycles. The number of hydrogen-bond acceptors (Lipinski definition) is 2. The van der Waals surface area contributed by atoms with Gasteiger partial charge in [-0.1, -0.05) is 36.4 Å². The largest absolute Gasteiger partial charge is 0.374 e. The highest BCUT2D eigenvalue weighted by Crippen LogP contribution is 2.20. The number of benzene rings is 1. The molecule has 0 bridgehead atoms. The summed E-state index contributed by atoms with van der Waals surface area (Å²) in [6.07, 6.45) is 2.07. The molecule has 3 heteroatoms. The van der Waals surface area contributed by atoms with Crippen molar-refractivity contribution in [3.8, 4) is 0 Å². The Balaban J connectivity index is 1.91. The maximum Gasteiger partial charge on any atom is 0.104 e. The van der Waals surface area contributed by atoms with Gasteiger partial charge in [0.25, 0.3) is 0 Å². The first-order valence-electron chi connectivity index (χ1n) is 4.90. The van der Waals surface area contributed by atoms with Crippen molar-refractivity contribution in [3.05, 3.63) is 40.9 Å². The molecule has 0 radical (unpaired) electrons. The zero-order valence-electron chi connectivity index (χ0n) is 8.41. The average molecular weight is 225 g/mol. The predicted octanol–water partition coefficient (Wildman–Crippen LogP) is 2.90. The highest BCUT2D eigenvalue weighted by atomic mass is 35.5. The number of ether oxygens (including phenoxy) is 2. The first-order valence-corrected chi connectivity index (χ1v) is 5.27. The summed E-state index contributed by atoms with van der Waals surface area (Å²) in [5.41, 5.74) is 2.03. The number of rotatable bonds is 5. The van der Waals surface area contributed by atoms with Gasteiger partial charge in [0.2, 0.25) is 0 Å². The third-order valence-electron chi connectivity index (χ3n) is 2.28. The van der Waals surface area contributed by atoms with E-state index in [-0.39, 0.29) is 0 Å². The summed E-state index contributed by atoms with van der Waals surface area (Å²) in [5.74, 6) is 0. The zero-order chi connectivity index (χ0) is 10.7. The van der Waals surface area contributed by atoms with Crippen molar-refractivity contribution in [3.63, 3.8) is 0 Å². The highest BCUT2D eigenvalue weighted by molar-refractivity contribution is 6.31. The molecule has 80 valence electrons. The van der Waals surface area contributed by atoms with E-state index >= 15 is 0 Å². The van der Waals surface area contributed by atoms with Crippen LogP contribution in [0.25, 0.3) is 6.08 Å². The average Bonchev–Trinajstić information content (AvgIpc) is 3.04. The molecule has 1 aliphatic rings. The summed E-state index contributed by atoms with van der Waals surface area (Å²) in [6.45, 7) is 5.70. The van der Waals surface area contributed by atoms with E-state index in [4.69, 9.17) is 21.1 Å². The maximum absolute atomic E-state index is 6.08. The van der Waals surface area contributed by atoms with Crippen molar-refractivity contribution in [1.29, 1.82) is 0 Å². The van der Waals surface area contributed by atoms with Crippen LogP contribution in [0.15, 0.2) is 24.8 Å². The van der Waals surface area contributed by atoms with Crippen LogP contribution in [0.4, 0.5) is 0 Å². The summed E-state index contributed by atoms with van der Waals surface area (Å²) in [4.78, 5) is 0. The molecule has 2 nitrogen and oxygen atoms in total. The van der Waals surface area contributed by atoms with Crippen LogP contribution in [0.1, 0.15) is 11.1 Å². The molecule has 1 saturated heterocycles. The molecule has 2 rings (SSSR count). The topological polar surface area (TPSA) is 21.8 Å². The molecule has 1 fully saturated rings. The van der Waals surface area contributed by atoms with Gasteiger partial charge in [-0.05, 0) is 17.2 Å². The van der Waals surface area contributed by atoms with Gasteiger partial charge in [0.05, 0.1) is 19.8 Å². The first-order chi connectivity index (χ1) is 7.29. The van der Waals surface area contributed by atoms with E-state index in [1.54, 1.807) is 6.08 Å². The molecular formula is C12H13ClO2. The van der Waals surface area contributed by atoms with E-state index < -0.39 is 0 Å². The predicted molar refractivity (Wildman–Crippen MR) is 60.9 cm³/mol. The summed E-state index contributed by atoms with van der Waals surface area (Å²) >= 11 is 6.08. The van der Waals surface area contributed by atoms with Crippen LogP contribution >= 0.6 is 11.6 Å². The molecular weight excluding hydrogens is 212 g/mol. The summed E-state index contributed by atoms with van der Waals surface area (Å²) in [5, 5.41) is 0.726. The van der Waals surface area contributed by atoms with Gasteiger partial charge in [-0.15, -0.1) is 0 Å². The molecule has 1 unspecified atom stereocenters. The van der Waals surface area contributed by atoms with Gasteiger partial charge in [-0.25, -0.2) is 0 Å². The van der Waals surface area contributed by atoms with Crippen LogP contribution in [0.3, 0.4) is 0 Å².